The van der Waals surface area contributed by atoms with Crippen molar-refractivity contribution >= 4 is 99.0 Å². The molecule has 60 heavy (non-hydrogen) atoms. The van der Waals surface area contributed by atoms with Gasteiger partial charge in [-0.05, 0) is 93.2 Å². The molecule has 0 aromatic heterocycles. The van der Waals surface area contributed by atoms with E-state index in [0.717, 1.165) is 55.8 Å². The van der Waals surface area contributed by atoms with Crippen LogP contribution in [0, 0.1) is 5.82 Å². The Kier molecular flexibility index (Phi) is 9.19. The zero-order chi connectivity index (χ0) is 41.3. The lowest BCUT2D eigenvalue weighted by Crippen LogP contribution is -2.52. The number of ether oxygens (including phenoxy) is 1. The molecule has 0 fully saturated rings. The van der Waals surface area contributed by atoms with Crippen molar-refractivity contribution in [2.45, 2.75) is 39.3 Å². The zero-order valence-electron chi connectivity index (χ0n) is 35.1. The lowest BCUT2D eigenvalue weighted by molar-refractivity contribution is 0.487. The second kappa shape index (κ2) is 14.5. The number of hydrogen-bond acceptors (Lipinski definition) is 2. The van der Waals surface area contributed by atoms with E-state index in [9.17, 15) is 4.39 Å². The molecular weight excluding hydrogens is 765 g/mol. The molecule has 2 nitrogen and oxygen atoms in total. The van der Waals surface area contributed by atoms with Gasteiger partial charge in [0.25, 0.3) is 0 Å². The van der Waals surface area contributed by atoms with Gasteiger partial charge in [0.15, 0.2) is 0 Å². The summed E-state index contributed by atoms with van der Waals surface area (Å²) in [7, 11) is -2.96. The van der Waals surface area contributed by atoms with Gasteiger partial charge < -0.3 is 9.64 Å². The predicted molar refractivity (Wildman–Crippen MR) is 263 cm³/mol. The van der Waals surface area contributed by atoms with Crippen LogP contribution in [-0.2, 0) is 0 Å². The number of nitrogens with zero attached hydrogens (tertiary/aromatic N) is 1. The normalized spacial score (nSPS) is 12.4. The van der Waals surface area contributed by atoms with Crippen LogP contribution >= 0.6 is 0 Å². The molecule has 9 aromatic carbocycles. The summed E-state index contributed by atoms with van der Waals surface area (Å²) >= 11 is 0. The van der Waals surface area contributed by atoms with Crippen molar-refractivity contribution in [1.82, 2.24) is 0 Å². The van der Waals surface area contributed by atoms with Crippen molar-refractivity contribution in [2.24, 2.45) is 0 Å². The first-order chi connectivity index (χ1) is 28.9. The van der Waals surface area contributed by atoms with Crippen LogP contribution in [0.25, 0.3) is 43.4 Å². The van der Waals surface area contributed by atoms with Gasteiger partial charge in [-0.2, -0.15) is 0 Å². The highest BCUT2D eigenvalue weighted by Crippen LogP contribution is 2.51. The number of halogens is 1. The Morgan fingerprint density at radius 1 is 0.433 bits per heavy atom. The Bertz CT molecular complexity index is 3020. The summed E-state index contributed by atoms with van der Waals surface area (Å²) < 4.78 is 21.3. The van der Waals surface area contributed by atoms with E-state index in [0.29, 0.717) is 0 Å². The molecule has 1 heterocycles. The summed E-state index contributed by atoms with van der Waals surface area (Å²) in [6, 6.07) is 62.6. The van der Waals surface area contributed by atoms with Crippen LogP contribution in [0.5, 0.6) is 11.5 Å². The molecule has 0 aliphatic carbocycles. The van der Waals surface area contributed by atoms with Gasteiger partial charge in [-0.15, -0.1) is 0 Å². The smallest absolute Gasteiger partial charge is 0.242 e. The first-order valence-electron chi connectivity index (χ1n) is 21.0. The molecule has 0 saturated heterocycles. The Labute approximate surface area is 355 Å². The van der Waals surface area contributed by atoms with Crippen molar-refractivity contribution in [1.29, 1.82) is 0 Å². The monoisotopic (exact) mass is 811 g/mol. The minimum Gasteiger partial charge on any atom is -0.456 e. The molecule has 0 amide bonds. The van der Waals surface area contributed by atoms with Gasteiger partial charge in [0.2, 0.25) is 6.71 Å². The minimum absolute atomic E-state index is 0.0938. The summed E-state index contributed by atoms with van der Waals surface area (Å²) in [6.45, 7) is 14.3. The molecule has 0 unspecified atom stereocenters. The minimum atomic E-state index is -1.48. The Morgan fingerprint density at radius 3 is 1.62 bits per heavy atom. The summed E-state index contributed by atoms with van der Waals surface area (Å²) in [4.78, 5) is 2.36. The third-order valence-electron chi connectivity index (χ3n) is 12.4. The molecular formula is C54H47BFNOSi2. The summed E-state index contributed by atoms with van der Waals surface area (Å²) in [5.74, 6) is 1.46. The van der Waals surface area contributed by atoms with Crippen LogP contribution in [0.2, 0.25) is 39.3 Å². The van der Waals surface area contributed by atoms with Crippen LogP contribution in [-0.4, -0.2) is 22.9 Å². The SMILES string of the molecule is C[Si](C)(C)c1ccc(N(c2ccc([Si](C)(C)C)cc2)c2ccc3c(c2)Oc2cccc4c2c-3cc2c3ccccc3c(B(c3ccccc3)c3ccc(F)cc3)cc42)cc1. The second-order valence-electron chi connectivity index (χ2n) is 18.3. The van der Waals surface area contributed by atoms with E-state index < -0.39 is 16.1 Å². The van der Waals surface area contributed by atoms with Crippen molar-refractivity contribution in [2.75, 3.05) is 4.90 Å². The fraction of sp³-hybridized carbons (Fsp3) is 0.111. The van der Waals surface area contributed by atoms with Crippen LogP contribution in [0.15, 0.2) is 176 Å². The van der Waals surface area contributed by atoms with Gasteiger partial charge in [-0.25, -0.2) is 4.39 Å². The van der Waals surface area contributed by atoms with Crippen molar-refractivity contribution in [3.63, 3.8) is 0 Å². The molecule has 0 bridgehead atoms. The van der Waals surface area contributed by atoms with E-state index in [1.54, 1.807) is 12.1 Å². The largest absolute Gasteiger partial charge is 0.456 e. The number of hydrogen-bond donors (Lipinski definition) is 0. The highest BCUT2D eigenvalue weighted by molar-refractivity contribution is 6.97. The molecule has 1 aliphatic rings. The second-order valence-corrected chi connectivity index (χ2v) is 28.5. The van der Waals surface area contributed by atoms with Gasteiger partial charge in [-0.3, -0.25) is 0 Å². The highest BCUT2D eigenvalue weighted by Gasteiger charge is 2.28. The maximum atomic E-state index is 14.3. The third-order valence-corrected chi connectivity index (χ3v) is 16.5. The topological polar surface area (TPSA) is 12.5 Å². The highest BCUT2D eigenvalue weighted by atomic mass is 28.3. The standard InChI is InChI=1S/C54H47BFNOSi2/c1-59(2,3)42-28-23-39(24-29-42)57(40-25-30-43(31-26-40)60(4,5)6)41-27-32-46-50-34-48-44-15-10-11-16-45(44)51(35-49(48)47-17-12-18-52(54(47)50)58-53(46)33-41)55(36-13-8-7-9-14-36)37-19-21-38(56)22-20-37/h7-35H,1-6H3. The predicted octanol–water partition coefficient (Wildman–Crippen LogP) is 12.1. The maximum absolute atomic E-state index is 14.3. The Morgan fingerprint density at radius 2 is 0.983 bits per heavy atom. The molecule has 0 spiro atoms. The van der Waals surface area contributed by atoms with Crippen LogP contribution < -0.4 is 36.4 Å². The molecule has 0 saturated carbocycles. The fourth-order valence-corrected chi connectivity index (χ4v) is 11.5. The van der Waals surface area contributed by atoms with Crippen molar-refractivity contribution in [3.8, 4) is 22.6 Å². The van der Waals surface area contributed by atoms with Crippen LogP contribution in [0.4, 0.5) is 21.5 Å². The van der Waals surface area contributed by atoms with E-state index in [4.69, 9.17) is 4.74 Å². The molecule has 1 aliphatic heterocycles. The van der Waals surface area contributed by atoms with Gasteiger partial charge in [-0.1, -0.05) is 175 Å². The Hall–Kier alpha value is -6.21. The van der Waals surface area contributed by atoms with Gasteiger partial charge in [0.1, 0.15) is 17.3 Å². The molecule has 10 rings (SSSR count). The lowest BCUT2D eigenvalue weighted by atomic mass is 9.36. The van der Waals surface area contributed by atoms with Gasteiger partial charge in [0.05, 0.1) is 16.1 Å². The average Bonchev–Trinajstić information content (AvgIpc) is 3.25. The zero-order valence-corrected chi connectivity index (χ0v) is 37.1. The average molecular weight is 812 g/mol. The number of rotatable bonds is 8. The third kappa shape index (κ3) is 6.64. The van der Waals surface area contributed by atoms with E-state index in [1.165, 1.54) is 42.9 Å². The van der Waals surface area contributed by atoms with Crippen LogP contribution in [0.3, 0.4) is 0 Å². The lowest BCUT2D eigenvalue weighted by Gasteiger charge is -2.29. The first kappa shape index (κ1) is 38.0. The first-order valence-corrected chi connectivity index (χ1v) is 28.0. The molecule has 9 aromatic rings. The summed E-state index contributed by atoms with van der Waals surface area (Å²) in [5, 5.41) is 9.90. The van der Waals surface area contributed by atoms with Gasteiger partial charge in [0, 0.05) is 34.1 Å². The quantitative estimate of drug-likeness (QED) is 0.112. The molecule has 0 atom stereocenters. The molecule has 0 radical (unpaired) electrons. The molecule has 6 heteroatoms. The van der Waals surface area contributed by atoms with Crippen LogP contribution in [0.1, 0.15) is 0 Å². The van der Waals surface area contributed by atoms with E-state index in [2.05, 4.69) is 190 Å². The molecule has 0 N–H and O–H groups in total. The maximum Gasteiger partial charge on any atom is 0.242 e. The van der Waals surface area contributed by atoms with E-state index >= 15 is 0 Å². The molecule has 292 valence electrons. The van der Waals surface area contributed by atoms with E-state index in [-0.39, 0.29) is 12.5 Å². The fourth-order valence-electron chi connectivity index (χ4n) is 9.19. The Balaban J connectivity index is 1.16. The summed E-state index contributed by atoms with van der Waals surface area (Å²) in [6.07, 6.45) is 0. The number of anilines is 3. The van der Waals surface area contributed by atoms with E-state index in [1.807, 2.05) is 18.2 Å². The summed E-state index contributed by atoms with van der Waals surface area (Å²) in [5.41, 5.74) is 8.95. The van der Waals surface area contributed by atoms with Crippen molar-refractivity contribution in [3.05, 3.63) is 182 Å². The van der Waals surface area contributed by atoms with Gasteiger partial charge >= 0.3 is 0 Å². The van der Waals surface area contributed by atoms with Crippen molar-refractivity contribution < 1.29 is 9.13 Å². The number of benzene rings is 9. The number of fused-ring (bicyclic) bond motifs is 6.